The Labute approximate surface area is 55.2 Å². The van der Waals surface area contributed by atoms with E-state index in [0.717, 1.165) is 12.8 Å². The van der Waals surface area contributed by atoms with Crippen molar-refractivity contribution in [2.75, 3.05) is 6.61 Å². The van der Waals surface area contributed by atoms with Gasteiger partial charge in [-0.05, 0) is 6.42 Å². The molecule has 0 atom stereocenters. The molecule has 0 unspecified atom stereocenters. The predicted octanol–water partition coefficient (Wildman–Crippen LogP) is 0.963. The minimum absolute atomic E-state index is 0.444. The van der Waals surface area contributed by atoms with Gasteiger partial charge in [0.1, 0.15) is 0 Å². The monoisotopic (exact) mass is 126 g/mol. The molecule has 0 spiro atoms. The van der Waals surface area contributed by atoms with Crippen molar-refractivity contribution in [1.29, 1.82) is 0 Å². The van der Waals surface area contributed by atoms with Crippen LogP contribution in [0.4, 0.5) is 0 Å². The number of terminal acetylenes is 1. The highest BCUT2D eigenvalue weighted by Gasteiger charge is 1.92. The fraction of sp³-hybridized carbons (Fsp3) is 0.571. The molecule has 50 valence electrons. The van der Waals surface area contributed by atoms with Crippen LogP contribution in [0.3, 0.4) is 0 Å². The van der Waals surface area contributed by atoms with Crippen molar-refractivity contribution in [3.63, 3.8) is 0 Å². The van der Waals surface area contributed by atoms with Gasteiger partial charge >= 0.3 is 5.97 Å². The molecule has 0 aromatic heterocycles. The number of unbranched alkanes of at least 4 members (excludes halogenated alkanes) is 1. The van der Waals surface area contributed by atoms with E-state index in [1.165, 1.54) is 0 Å². The first-order valence-corrected chi connectivity index (χ1v) is 2.94. The molecule has 0 radical (unpaired) electrons. The lowest BCUT2D eigenvalue weighted by molar-refractivity contribution is -0.136. The first-order valence-electron chi connectivity index (χ1n) is 2.94. The molecule has 0 saturated carbocycles. The number of rotatable bonds is 3. The molecule has 0 aliphatic heterocycles. The molecule has 0 aromatic rings. The Morgan fingerprint density at radius 2 is 2.44 bits per heavy atom. The van der Waals surface area contributed by atoms with Crippen LogP contribution in [0.15, 0.2) is 0 Å². The molecule has 0 N–H and O–H groups in total. The lowest BCUT2D eigenvalue weighted by Gasteiger charge is -1.95. The Balaban J connectivity index is 3.10. The highest BCUT2D eigenvalue weighted by Crippen LogP contribution is 1.86. The molecule has 0 amide bonds. The van der Waals surface area contributed by atoms with E-state index >= 15 is 0 Å². The summed E-state index contributed by atoms with van der Waals surface area (Å²) in [6.07, 6.45) is 6.62. The molecule has 0 aliphatic carbocycles. The lowest BCUT2D eigenvalue weighted by Crippen LogP contribution is -2.01. The van der Waals surface area contributed by atoms with Gasteiger partial charge in [-0.1, -0.05) is 13.3 Å². The van der Waals surface area contributed by atoms with E-state index in [2.05, 4.69) is 4.74 Å². The van der Waals surface area contributed by atoms with Crippen molar-refractivity contribution in [1.82, 2.24) is 0 Å². The van der Waals surface area contributed by atoms with Gasteiger partial charge in [-0.15, -0.1) is 6.42 Å². The van der Waals surface area contributed by atoms with Crippen molar-refractivity contribution in [3.8, 4) is 12.3 Å². The molecular formula is C7H10O2. The summed E-state index contributed by atoms with van der Waals surface area (Å²) in [4.78, 5) is 10.2. The van der Waals surface area contributed by atoms with Crippen LogP contribution in [0.1, 0.15) is 19.8 Å². The van der Waals surface area contributed by atoms with Crippen LogP contribution in [0, 0.1) is 12.3 Å². The van der Waals surface area contributed by atoms with E-state index in [-0.39, 0.29) is 0 Å². The van der Waals surface area contributed by atoms with Crippen molar-refractivity contribution in [3.05, 3.63) is 0 Å². The summed E-state index contributed by atoms with van der Waals surface area (Å²) >= 11 is 0. The first kappa shape index (κ1) is 8.03. The highest BCUT2D eigenvalue weighted by atomic mass is 16.5. The topological polar surface area (TPSA) is 26.3 Å². The van der Waals surface area contributed by atoms with Crippen LogP contribution in [0.25, 0.3) is 0 Å². The van der Waals surface area contributed by atoms with E-state index in [9.17, 15) is 4.79 Å². The van der Waals surface area contributed by atoms with Gasteiger partial charge in [-0.25, -0.2) is 4.79 Å². The third kappa shape index (κ3) is 4.89. The average Bonchev–Trinajstić information content (AvgIpc) is 1.89. The molecule has 0 aromatic carbocycles. The summed E-state index contributed by atoms with van der Waals surface area (Å²) in [5, 5.41) is 0. The maximum absolute atomic E-state index is 10.2. The van der Waals surface area contributed by atoms with E-state index in [1.54, 1.807) is 0 Å². The van der Waals surface area contributed by atoms with E-state index in [4.69, 9.17) is 6.42 Å². The van der Waals surface area contributed by atoms with Gasteiger partial charge in [0.2, 0.25) is 0 Å². The fourth-order valence-electron chi connectivity index (χ4n) is 0.351. The maximum Gasteiger partial charge on any atom is 0.384 e. The van der Waals surface area contributed by atoms with Gasteiger partial charge < -0.3 is 4.74 Å². The van der Waals surface area contributed by atoms with Gasteiger partial charge in [-0.3, -0.25) is 0 Å². The molecule has 0 rings (SSSR count). The summed E-state index contributed by atoms with van der Waals surface area (Å²) in [6.45, 7) is 2.46. The Hall–Kier alpha value is -0.970. The molecule has 9 heavy (non-hydrogen) atoms. The fourth-order valence-corrected chi connectivity index (χ4v) is 0.351. The SMILES string of the molecule is C#CC(=O)OCCCC. The van der Waals surface area contributed by atoms with Crippen molar-refractivity contribution in [2.45, 2.75) is 19.8 Å². The van der Waals surface area contributed by atoms with Gasteiger partial charge in [0.05, 0.1) is 6.61 Å². The summed E-state index contributed by atoms with van der Waals surface area (Å²) in [5.41, 5.74) is 0. The van der Waals surface area contributed by atoms with Crippen LogP contribution in [-0.2, 0) is 9.53 Å². The normalized spacial score (nSPS) is 8.00. The second-order valence-electron chi connectivity index (χ2n) is 1.63. The third-order valence-corrected chi connectivity index (χ3v) is 0.849. The minimum Gasteiger partial charge on any atom is -0.456 e. The molecule has 2 heteroatoms. The number of hydrogen-bond donors (Lipinski definition) is 0. The summed E-state index contributed by atoms with van der Waals surface area (Å²) in [6, 6.07) is 0. The number of ether oxygens (including phenoxy) is 1. The van der Waals surface area contributed by atoms with E-state index < -0.39 is 5.97 Å². The van der Waals surface area contributed by atoms with Crippen LogP contribution in [0.5, 0.6) is 0 Å². The van der Waals surface area contributed by atoms with Crippen molar-refractivity contribution >= 4 is 5.97 Å². The largest absolute Gasteiger partial charge is 0.456 e. The number of esters is 1. The molecule has 0 saturated heterocycles. The molecule has 0 fully saturated rings. The molecule has 2 nitrogen and oxygen atoms in total. The summed E-state index contributed by atoms with van der Waals surface area (Å²) in [7, 11) is 0. The minimum atomic E-state index is -0.566. The van der Waals surface area contributed by atoms with Crippen LogP contribution in [0.2, 0.25) is 0 Å². The first-order chi connectivity index (χ1) is 4.31. The quantitative estimate of drug-likeness (QED) is 0.244. The predicted molar refractivity (Wildman–Crippen MR) is 34.7 cm³/mol. The smallest absolute Gasteiger partial charge is 0.384 e. The number of carbonyl (C=O) groups is 1. The Morgan fingerprint density at radius 1 is 1.78 bits per heavy atom. The standard InChI is InChI=1S/C7H10O2/c1-3-5-6-9-7(8)4-2/h2H,3,5-6H2,1H3. The molecule has 0 aliphatic rings. The summed E-state index contributed by atoms with van der Waals surface area (Å²) in [5.74, 6) is 1.30. The molecule has 0 bridgehead atoms. The van der Waals surface area contributed by atoms with Gasteiger partial charge in [-0.2, -0.15) is 0 Å². The molecular weight excluding hydrogens is 116 g/mol. The summed E-state index contributed by atoms with van der Waals surface area (Å²) < 4.78 is 4.56. The second-order valence-corrected chi connectivity index (χ2v) is 1.63. The van der Waals surface area contributed by atoms with Gasteiger partial charge in [0, 0.05) is 5.92 Å². The average molecular weight is 126 g/mol. The molecule has 0 heterocycles. The van der Waals surface area contributed by atoms with Crippen molar-refractivity contribution < 1.29 is 9.53 Å². The third-order valence-electron chi connectivity index (χ3n) is 0.849. The maximum atomic E-state index is 10.2. The Morgan fingerprint density at radius 3 is 2.89 bits per heavy atom. The zero-order valence-electron chi connectivity index (χ0n) is 5.52. The van der Waals surface area contributed by atoms with Crippen LogP contribution in [-0.4, -0.2) is 12.6 Å². The van der Waals surface area contributed by atoms with Gasteiger partial charge in [0.25, 0.3) is 0 Å². The Bertz CT molecular complexity index is 121. The number of hydrogen-bond acceptors (Lipinski definition) is 2. The van der Waals surface area contributed by atoms with E-state index in [0.29, 0.717) is 6.61 Å². The van der Waals surface area contributed by atoms with Gasteiger partial charge in [0.15, 0.2) is 0 Å². The van der Waals surface area contributed by atoms with Crippen LogP contribution < -0.4 is 0 Å². The van der Waals surface area contributed by atoms with Crippen molar-refractivity contribution in [2.24, 2.45) is 0 Å². The Kier molecular flexibility index (Phi) is 4.61. The second kappa shape index (κ2) is 5.17. The zero-order valence-corrected chi connectivity index (χ0v) is 5.52. The zero-order chi connectivity index (χ0) is 7.11. The van der Waals surface area contributed by atoms with E-state index in [1.807, 2.05) is 12.8 Å². The number of carbonyl (C=O) groups excluding carboxylic acids is 1. The lowest BCUT2D eigenvalue weighted by atomic mass is 10.4. The van der Waals surface area contributed by atoms with Crippen LogP contribution >= 0.6 is 0 Å². The highest BCUT2D eigenvalue weighted by molar-refractivity contribution is 5.87.